The van der Waals surface area contributed by atoms with Crippen LogP contribution in [-0.4, -0.2) is 9.89 Å². The van der Waals surface area contributed by atoms with E-state index in [2.05, 4.69) is 24.4 Å². The molecule has 124 valence electrons. The minimum atomic E-state index is -4.45. The summed E-state index contributed by atoms with van der Waals surface area (Å²) >= 11 is 0. The second-order valence-electron chi connectivity index (χ2n) is 7.04. The summed E-state index contributed by atoms with van der Waals surface area (Å²) in [6.45, 7) is 7.48. The Bertz CT molecular complexity index is 746. The Hall–Kier alpha value is -1.98. The summed E-state index contributed by atoms with van der Waals surface area (Å²) in [6.07, 6.45) is -2.41. The number of benzene rings is 1. The number of alkyl halides is 3. The number of aryl methyl sites for hydroxylation is 1. The molecule has 1 N–H and O–H groups in total. The molecule has 1 aromatic heterocycles. The smallest absolute Gasteiger partial charge is 0.299 e. The van der Waals surface area contributed by atoms with E-state index in [0.717, 1.165) is 22.3 Å². The third-order valence-electron chi connectivity index (χ3n) is 5.09. The lowest BCUT2D eigenvalue weighted by atomic mass is 9.74. The lowest BCUT2D eigenvalue weighted by molar-refractivity contribution is -0.144. The molecule has 0 spiro atoms. The first-order valence-electron chi connectivity index (χ1n) is 7.55. The number of nitrogens with zero attached hydrogens (tertiary/aromatic N) is 2. The van der Waals surface area contributed by atoms with E-state index in [4.69, 9.17) is 0 Å². The van der Waals surface area contributed by atoms with Gasteiger partial charge in [-0.15, -0.1) is 0 Å². The first-order valence-corrected chi connectivity index (χ1v) is 7.55. The molecule has 0 saturated heterocycles. The normalized spacial score (nSPS) is 22.9. The van der Waals surface area contributed by atoms with Gasteiger partial charge in [0, 0.05) is 5.56 Å². The molecule has 1 atom stereocenters. The number of rotatable bonds is 2. The molecular formula is C17H20F3N3. The van der Waals surface area contributed by atoms with Crippen LogP contribution in [0.25, 0.3) is 0 Å². The molecule has 1 unspecified atom stereocenters. The average molecular weight is 323 g/mol. The fourth-order valence-electron chi connectivity index (χ4n) is 3.46. The van der Waals surface area contributed by atoms with Crippen LogP contribution in [0.1, 0.15) is 43.2 Å². The number of halogens is 3. The maximum Gasteiger partial charge on any atom is 0.435 e. The number of hydrogen-bond acceptors (Lipinski definition) is 2. The molecule has 1 heterocycles. The maximum absolute atomic E-state index is 13.3. The lowest BCUT2D eigenvalue weighted by Gasteiger charge is -2.40. The summed E-state index contributed by atoms with van der Waals surface area (Å²) in [7, 11) is 0. The standard InChI is InChI=1S/C17H20F3N3/c1-11-10-21-23(14(11)17(18,19)20)22-16(4)13-8-6-5-7-12(13)9-15(16,2)3/h5-8,10,22H,9H2,1-4H3. The number of fused-ring (bicyclic) bond motifs is 1. The van der Waals surface area contributed by atoms with Gasteiger partial charge in [0.15, 0.2) is 5.69 Å². The summed E-state index contributed by atoms with van der Waals surface area (Å²) < 4.78 is 40.0. The second kappa shape index (κ2) is 4.76. The predicted octanol–water partition coefficient (Wildman–Crippen LogP) is 4.25. The molecule has 0 bridgehead atoms. The van der Waals surface area contributed by atoms with Gasteiger partial charge in [-0.2, -0.15) is 23.1 Å². The minimum Gasteiger partial charge on any atom is -0.299 e. The topological polar surface area (TPSA) is 29.9 Å². The van der Waals surface area contributed by atoms with Gasteiger partial charge in [-0.25, -0.2) is 0 Å². The van der Waals surface area contributed by atoms with Crippen LogP contribution in [0, 0.1) is 12.3 Å². The highest BCUT2D eigenvalue weighted by atomic mass is 19.4. The zero-order valence-electron chi connectivity index (χ0n) is 13.6. The molecular weight excluding hydrogens is 303 g/mol. The zero-order chi connectivity index (χ0) is 17.0. The summed E-state index contributed by atoms with van der Waals surface area (Å²) in [6, 6.07) is 7.88. The third-order valence-corrected chi connectivity index (χ3v) is 5.09. The summed E-state index contributed by atoms with van der Waals surface area (Å²) in [4.78, 5) is 0.888. The molecule has 0 amide bonds. The maximum atomic E-state index is 13.3. The van der Waals surface area contributed by atoms with Crippen LogP contribution in [-0.2, 0) is 18.1 Å². The van der Waals surface area contributed by atoms with Gasteiger partial charge in [0.2, 0.25) is 0 Å². The Balaban J connectivity index is 2.10. The van der Waals surface area contributed by atoms with Crippen LogP contribution in [0.4, 0.5) is 13.2 Å². The zero-order valence-corrected chi connectivity index (χ0v) is 13.6. The highest BCUT2D eigenvalue weighted by Gasteiger charge is 2.50. The van der Waals surface area contributed by atoms with E-state index in [1.807, 2.05) is 31.2 Å². The van der Waals surface area contributed by atoms with E-state index in [-0.39, 0.29) is 11.0 Å². The van der Waals surface area contributed by atoms with Gasteiger partial charge in [0.05, 0.1) is 11.7 Å². The first-order chi connectivity index (χ1) is 10.6. The minimum absolute atomic E-state index is 0.109. The van der Waals surface area contributed by atoms with Crippen molar-refractivity contribution in [3.05, 3.63) is 52.8 Å². The van der Waals surface area contributed by atoms with Crippen LogP contribution >= 0.6 is 0 Å². The van der Waals surface area contributed by atoms with Crippen LogP contribution in [0.3, 0.4) is 0 Å². The van der Waals surface area contributed by atoms with Gasteiger partial charge in [0.25, 0.3) is 0 Å². The van der Waals surface area contributed by atoms with Crippen molar-refractivity contribution in [3.8, 4) is 0 Å². The number of nitrogens with one attached hydrogen (secondary N) is 1. The molecule has 1 aromatic carbocycles. The van der Waals surface area contributed by atoms with Crippen molar-refractivity contribution in [1.29, 1.82) is 0 Å². The monoisotopic (exact) mass is 323 g/mol. The Kier molecular flexibility index (Phi) is 3.29. The van der Waals surface area contributed by atoms with Crippen LogP contribution in [0.5, 0.6) is 0 Å². The molecule has 0 fully saturated rings. The molecule has 23 heavy (non-hydrogen) atoms. The molecule has 3 nitrogen and oxygen atoms in total. The Morgan fingerprint density at radius 1 is 1.17 bits per heavy atom. The first kappa shape index (κ1) is 15.9. The molecule has 0 aliphatic heterocycles. The highest BCUT2D eigenvalue weighted by Crippen LogP contribution is 2.50. The molecule has 2 aromatic rings. The SMILES string of the molecule is Cc1cnn(NC2(C)c3ccccc3CC2(C)C)c1C(F)(F)F. The van der Waals surface area contributed by atoms with Gasteiger partial charge in [-0.05, 0) is 36.8 Å². The molecule has 1 aliphatic carbocycles. The van der Waals surface area contributed by atoms with Crippen molar-refractivity contribution in [2.24, 2.45) is 5.41 Å². The molecule has 3 rings (SSSR count). The van der Waals surface area contributed by atoms with E-state index >= 15 is 0 Å². The fourth-order valence-corrected chi connectivity index (χ4v) is 3.46. The molecule has 0 radical (unpaired) electrons. The van der Waals surface area contributed by atoms with Crippen LogP contribution in [0.2, 0.25) is 0 Å². The fraction of sp³-hybridized carbons (Fsp3) is 0.471. The van der Waals surface area contributed by atoms with E-state index in [0.29, 0.717) is 0 Å². The van der Waals surface area contributed by atoms with Crippen molar-refractivity contribution in [2.45, 2.75) is 45.8 Å². The van der Waals surface area contributed by atoms with E-state index in [1.54, 1.807) is 0 Å². The van der Waals surface area contributed by atoms with Gasteiger partial charge >= 0.3 is 6.18 Å². The number of hydrogen-bond donors (Lipinski definition) is 1. The third kappa shape index (κ3) is 2.31. The average Bonchev–Trinajstić information content (AvgIpc) is 2.87. The van der Waals surface area contributed by atoms with Gasteiger partial charge in [0.1, 0.15) is 0 Å². The Morgan fingerprint density at radius 2 is 1.83 bits per heavy atom. The Morgan fingerprint density at radius 3 is 2.48 bits per heavy atom. The van der Waals surface area contributed by atoms with Crippen molar-refractivity contribution < 1.29 is 13.2 Å². The van der Waals surface area contributed by atoms with Crippen LogP contribution < -0.4 is 5.43 Å². The molecule has 6 heteroatoms. The largest absolute Gasteiger partial charge is 0.435 e. The van der Waals surface area contributed by atoms with E-state index in [1.165, 1.54) is 13.1 Å². The lowest BCUT2D eigenvalue weighted by Crippen LogP contribution is -2.48. The van der Waals surface area contributed by atoms with E-state index < -0.39 is 17.4 Å². The van der Waals surface area contributed by atoms with Gasteiger partial charge < -0.3 is 0 Å². The van der Waals surface area contributed by atoms with Gasteiger partial charge in [-0.1, -0.05) is 38.1 Å². The van der Waals surface area contributed by atoms with Crippen molar-refractivity contribution in [1.82, 2.24) is 9.89 Å². The second-order valence-corrected chi connectivity index (χ2v) is 7.04. The summed E-state index contributed by atoms with van der Waals surface area (Å²) in [5.41, 5.74) is 3.68. The van der Waals surface area contributed by atoms with Gasteiger partial charge in [-0.3, -0.25) is 5.43 Å². The summed E-state index contributed by atoms with van der Waals surface area (Å²) in [5.74, 6) is 0. The Labute approximate surface area is 133 Å². The van der Waals surface area contributed by atoms with Crippen molar-refractivity contribution in [2.75, 3.05) is 5.43 Å². The van der Waals surface area contributed by atoms with E-state index in [9.17, 15) is 13.2 Å². The van der Waals surface area contributed by atoms with Crippen molar-refractivity contribution in [3.63, 3.8) is 0 Å². The van der Waals surface area contributed by atoms with Crippen LogP contribution in [0.15, 0.2) is 30.5 Å². The molecule has 0 saturated carbocycles. The molecule has 1 aliphatic rings. The highest BCUT2D eigenvalue weighted by molar-refractivity contribution is 5.44. The predicted molar refractivity (Wildman–Crippen MR) is 82.6 cm³/mol. The van der Waals surface area contributed by atoms with Crippen molar-refractivity contribution >= 4 is 0 Å². The number of aromatic nitrogens is 2. The quantitative estimate of drug-likeness (QED) is 0.895. The summed E-state index contributed by atoms with van der Waals surface area (Å²) in [5, 5.41) is 3.91.